The van der Waals surface area contributed by atoms with Crippen LogP contribution in [-0.4, -0.2) is 25.2 Å². The van der Waals surface area contributed by atoms with Crippen molar-refractivity contribution in [2.75, 3.05) is 13.2 Å². The molecule has 0 aliphatic heterocycles. The molecular weight excluding hydrogens is 266 g/mol. The van der Waals surface area contributed by atoms with Crippen LogP contribution >= 0.6 is 0 Å². The van der Waals surface area contributed by atoms with E-state index in [1.54, 1.807) is 6.92 Å². The summed E-state index contributed by atoms with van der Waals surface area (Å²) in [4.78, 5) is 11.2. The number of hydrogen-bond donors (Lipinski definition) is 1. The number of nitrogens with one attached hydrogen (secondary N) is 1. The van der Waals surface area contributed by atoms with Gasteiger partial charge in [-0.3, -0.25) is 0 Å². The summed E-state index contributed by atoms with van der Waals surface area (Å²) in [7, 11) is 0. The summed E-state index contributed by atoms with van der Waals surface area (Å²) in [5.41, 5.74) is 1.24. The molecule has 0 heterocycles. The number of hydrogen-bond acceptors (Lipinski definition) is 4. The van der Waals surface area contributed by atoms with Crippen molar-refractivity contribution in [3.8, 4) is 5.75 Å². The zero-order chi connectivity index (χ0) is 15.7. The Morgan fingerprint density at radius 1 is 1.19 bits per heavy atom. The Hall–Kier alpha value is -1.55. The summed E-state index contributed by atoms with van der Waals surface area (Å²) >= 11 is 0. The number of carbonyl (C=O) groups is 1. The topological polar surface area (TPSA) is 47.6 Å². The first-order chi connectivity index (χ1) is 10.1. The lowest BCUT2D eigenvalue weighted by molar-refractivity contribution is -0.145. The Kier molecular flexibility index (Phi) is 7.83. The van der Waals surface area contributed by atoms with E-state index in [1.807, 2.05) is 12.1 Å². The molecule has 1 aromatic carbocycles. The first-order valence-electron chi connectivity index (χ1n) is 7.71. The Bertz CT molecular complexity index is 415. The predicted octanol–water partition coefficient (Wildman–Crippen LogP) is 3.47. The van der Waals surface area contributed by atoms with Crippen LogP contribution in [0.2, 0.25) is 0 Å². The number of benzene rings is 1. The van der Waals surface area contributed by atoms with Crippen LogP contribution in [-0.2, 0) is 9.53 Å². The highest BCUT2D eigenvalue weighted by molar-refractivity contribution is 5.71. The number of rotatable bonds is 9. The summed E-state index contributed by atoms with van der Waals surface area (Å²) in [6.07, 6.45) is 2.23. The Labute approximate surface area is 127 Å². The fourth-order valence-electron chi connectivity index (χ4n) is 2.18. The number of carbonyl (C=O) groups excluding carboxylic acids is 1. The molecule has 1 N–H and O–H groups in total. The van der Waals surface area contributed by atoms with Gasteiger partial charge in [0, 0.05) is 12.1 Å². The molecule has 118 valence electrons. The van der Waals surface area contributed by atoms with E-state index in [0.717, 1.165) is 12.8 Å². The molecule has 21 heavy (non-hydrogen) atoms. The van der Waals surface area contributed by atoms with Crippen LogP contribution < -0.4 is 10.1 Å². The molecule has 1 unspecified atom stereocenters. The molecular formula is C17H27NO3. The van der Waals surface area contributed by atoms with E-state index in [9.17, 15) is 4.79 Å². The van der Waals surface area contributed by atoms with E-state index in [2.05, 4.69) is 38.2 Å². The van der Waals surface area contributed by atoms with Gasteiger partial charge in [0.15, 0.2) is 6.61 Å². The first-order valence-corrected chi connectivity index (χ1v) is 7.71. The molecule has 0 saturated heterocycles. The second kappa shape index (κ2) is 9.40. The van der Waals surface area contributed by atoms with Gasteiger partial charge in [-0.2, -0.15) is 0 Å². The van der Waals surface area contributed by atoms with E-state index in [1.165, 1.54) is 5.56 Å². The largest absolute Gasteiger partial charge is 0.482 e. The summed E-state index contributed by atoms with van der Waals surface area (Å²) in [5, 5.41) is 3.57. The molecule has 1 rings (SSSR count). The van der Waals surface area contributed by atoms with Gasteiger partial charge >= 0.3 is 5.97 Å². The molecule has 4 nitrogen and oxygen atoms in total. The minimum atomic E-state index is -0.341. The first kappa shape index (κ1) is 17.5. The predicted molar refractivity (Wildman–Crippen MR) is 84.5 cm³/mol. The molecule has 4 heteroatoms. The van der Waals surface area contributed by atoms with Gasteiger partial charge in [-0.25, -0.2) is 4.79 Å². The van der Waals surface area contributed by atoms with Crippen LogP contribution in [0, 0.1) is 0 Å². The zero-order valence-corrected chi connectivity index (χ0v) is 13.5. The smallest absolute Gasteiger partial charge is 0.344 e. The highest BCUT2D eigenvalue weighted by Crippen LogP contribution is 2.22. The number of esters is 1. The standard InChI is InChI=1S/C17H27NO3/c1-5-7-16(18-13(3)4)14-8-10-15(11-9-14)21-12-17(19)20-6-2/h8-11,13,16,18H,5-7,12H2,1-4H3. The van der Waals surface area contributed by atoms with Gasteiger partial charge in [0.05, 0.1) is 6.61 Å². The summed E-state index contributed by atoms with van der Waals surface area (Å²) in [6, 6.07) is 8.71. The normalized spacial score (nSPS) is 12.2. The van der Waals surface area contributed by atoms with Crippen molar-refractivity contribution in [2.24, 2.45) is 0 Å². The van der Waals surface area contributed by atoms with Crippen LogP contribution in [0.25, 0.3) is 0 Å². The Morgan fingerprint density at radius 2 is 1.86 bits per heavy atom. The van der Waals surface area contributed by atoms with Gasteiger partial charge < -0.3 is 14.8 Å². The third kappa shape index (κ3) is 6.63. The SMILES string of the molecule is CCCC(NC(C)C)c1ccc(OCC(=O)OCC)cc1. The molecule has 0 spiro atoms. The van der Waals surface area contributed by atoms with E-state index < -0.39 is 0 Å². The monoisotopic (exact) mass is 293 g/mol. The quantitative estimate of drug-likeness (QED) is 0.708. The summed E-state index contributed by atoms with van der Waals surface area (Å²) < 4.78 is 10.2. The molecule has 1 atom stereocenters. The van der Waals surface area contributed by atoms with Crippen LogP contribution in [0.15, 0.2) is 24.3 Å². The van der Waals surface area contributed by atoms with E-state index >= 15 is 0 Å². The van der Waals surface area contributed by atoms with Gasteiger partial charge in [-0.1, -0.05) is 39.3 Å². The van der Waals surface area contributed by atoms with Crippen molar-refractivity contribution in [1.29, 1.82) is 0 Å². The molecule has 0 bridgehead atoms. The van der Waals surface area contributed by atoms with Gasteiger partial charge in [0.1, 0.15) is 5.75 Å². The van der Waals surface area contributed by atoms with Gasteiger partial charge in [0.2, 0.25) is 0 Å². The molecule has 0 aliphatic rings. The van der Waals surface area contributed by atoms with Gasteiger partial charge in [0.25, 0.3) is 0 Å². The van der Waals surface area contributed by atoms with Crippen LogP contribution in [0.4, 0.5) is 0 Å². The molecule has 0 saturated carbocycles. The number of ether oxygens (including phenoxy) is 2. The summed E-state index contributed by atoms with van der Waals surface area (Å²) in [5.74, 6) is 0.346. The lowest BCUT2D eigenvalue weighted by Crippen LogP contribution is -2.28. The maximum atomic E-state index is 11.2. The molecule has 0 aromatic heterocycles. The van der Waals surface area contributed by atoms with Crippen molar-refractivity contribution in [1.82, 2.24) is 5.32 Å². The van der Waals surface area contributed by atoms with E-state index in [0.29, 0.717) is 24.4 Å². The van der Waals surface area contributed by atoms with Crippen molar-refractivity contribution in [2.45, 2.75) is 52.6 Å². The zero-order valence-electron chi connectivity index (χ0n) is 13.5. The van der Waals surface area contributed by atoms with Gasteiger partial charge in [-0.15, -0.1) is 0 Å². The molecule has 0 radical (unpaired) electrons. The van der Waals surface area contributed by atoms with Gasteiger partial charge in [-0.05, 0) is 31.0 Å². The average Bonchev–Trinajstić information content (AvgIpc) is 2.45. The van der Waals surface area contributed by atoms with Crippen molar-refractivity contribution >= 4 is 5.97 Å². The average molecular weight is 293 g/mol. The van der Waals surface area contributed by atoms with Crippen molar-refractivity contribution in [3.05, 3.63) is 29.8 Å². The van der Waals surface area contributed by atoms with Crippen molar-refractivity contribution in [3.63, 3.8) is 0 Å². The minimum Gasteiger partial charge on any atom is -0.482 e. The Morgan fingerprint density at radius 3 is 2.38 bits per heavy atom. The maximum Gasteiger partial charge on any atom is 0.344 e. The lowest BCUT2D eigenvalue weighted by Gasteiger charge is -2.21. The molecule has 0 fully saturated rings. The second-order valence-electron chi connectivity index (χ2n) is 5.33. The fraction of sp³-hybridized carbons (Fsp3) is 0.588. The third-order valence-corrected chi connectivity index (χ3v) is 3.06. The van der Waals surface area contributed by atoms with Crippen molar-refractivity contribution < 1.29 is 14.3 Å². The van der Waals surface area contributed by atoms with Crippen LogP contribution in [0.3, 0.4) is 0 Å². The van der Waals surface area contributed by atoms with Crippen LogP contribution in [0.5, 0.6) is 5.75 Å². The highest BCUT2D eigenvalue weighted by Gasteiger charge is 2.11. The highest BCUT2D eigenvalue weighted by atomic mass is 16.6. The lowest BCUT2D eigenvalue weighted by atomic mass is 10.0. The molecule has 1 aromatic rings. The minimum absolute atomic E-state index is 0.0458. The Balaban J connectivity index is 2.60. The summed E-state index contributed by atoms with van der Waals surface area (Å²) in [6.45, 7) is 8.60. The third-order valence-electron chi connectivity index (χ3n) is 3.06. The maximum absolute atomic E-state index is 11.2. The second-order valence-corrected chi connectivity index (χ2v) is 5.33. The van der Waals surface area contributed by atoms with E-state index in [-0.39, 0.29) is 12.6 Å². The van der Waals surface area contributed by atoms with E-state index in [4.69, 9.17) is 9.47 Å². The molecule has 0 aliphatic carbocycles. The van der Waals surface area contributed by atoms with Crippen LogP contribution in [0.1, 0.15) is 52.1 Å². The fourth-order valence-corrected chi connectivity index (χ4v) is 2.18. The molecule has 0 amide bonds.